The van der Waals surface area contributed by atoms with Crippen LogP contribution in [0, 0.1) is 11.3 Å². The molecule has 2 aromatic rings. The van der Waals surface area contributed by atoms with Gasteiger partial charge in [-0.1, -0.05) is 0 Å². The number of rotatable bonds is 6. The van der Waals surface area contributed by atoms with Crippen LogP contribution < -0.4 is 10.1 Å². The standard InChI is InChI=1S/C21H26F3N7O4S/c1-20(32)11-21(23,24)5-3-16(20)35-18-13(7-25)8-26-19(29-18)28-15-4-6-31(9-14(15)22)36(33,34)17-10-30(2)12-27-17/h8,10,12,14-16,32H,3-6,9,11H2,1-2H3,(H,26,28,29)/t14-,15+,16?,20?/m1/s1. The highest BCUT2D eigenvalue weighted by molar-refractivity contribution is 7.89. The Morgan fingerprint density at radius 3 is 2.69 bits per heavy atom. The van der Waals surface area contributed by atoms with Gasteiger partial charge >= 0.3 is 0 Å². The maximum Gasteiger partial charge on any atom is 0.262 e. The van der Waals surface area contributed by atoms with E-state index < -0.39 is 59.3 Å². The maximum absolute atomic E-state index is 15.0. The van der Waals surface area contributed by atoms with Gasteiger partial charge in [0.2, 0.25) is 11.8 Å². The molecule has 36 heavy (non-hydrogen) atoms. The zero-order valence-corrected chi connectivity index (χ0v) is 20.4. The van der Waals surface area contributed by atoms with E-state index in [2.05, 4.69) is 20.3 Å². The molecule has 1 saturated carbocycles. The largest absolute Gasteiger partial charge is 0.470 e. The topological polar surface area (TPSA) is 146 Å². The number of aliphatic hydroxyl groups is 1. The Kier molecular flexibility index (Phi) is 6.88. The zero-order valence-electron chi connectivity index (χ0n) is 19.6. The lowest BCUT2D eigenvalue weighted by molar-refractivity contribution is -0.162. The maximum atomic E-state index is 15.0. The molecule has 1 aliphatic heterocycles. The highest BCUT2D eigenvalue weighted by atomic mass is 32.2. The molecule has 4 atom stereocenters. The Labute approximate surface area is 206 Å². The van der Waals surface area contributed by atoms with Gasteiger partial charge in [0.05, 0.1) is 18.6 Å². The lowest BCUT2D eigenvalue weighted by Crippen LogP contribution is -2.51. The minimum absolute atomic E-state index is 0.0236. The van der Waals surface area contributed by atoms with Crippen LogP contribution in [0.15, 0.2) is 23.7 Å². The fraction of sp³-hybridized carbons (Fsp3) is 0.619. The van der Waals surface area contributed by atoms with Crippen LogP contribution in [0.2, 0.25) is 0 Å². The fourth-order valence-electron chi connectivity index (χ4n) is 4.38. The van der Waals surface area contributed by atoms with Crippen molar-refractivity contribution in [2.45, 2.75) is 67.5 Å². The molecule has 0 bridgehead atoms. The van der Waals surface area contributed by atoms with E-state index in [1.54, 1.807) is 7.05 Å². The van der Waals surface area contributed by atoms with E-state index in [-0.39, 0.29) is 41.8 Å². The predicted molar refractivity (Wildman–Crippen MR) is 119 cm³/mol. The molecule has 15 heteroatoms. The lowest BCUT2D eigenvalue weighted by atomic mass is 9.81. The van der Waals surface area contributed by atoms with Crippen LogP contribution >= 0.6 is 0 Å². The summed E-state index contributed by atoms with van der Waals surface area (Å²) in [4.78, 5) is 11.9. The summed E-state index contributed by atoms with van der Waals surface area (Å²) in [5.41, 5.74) is -1.94. The second-order valence-corrected chi connectivity index (χ2v) is 11.2. The first-order chi connectivity index (χ1) is 16.8. The highest BCUT2D eigenvalue weighted by Crippen LogP contribution is 2.41. The average Bonchev–Trinajstić information content (AvgIpc) is 3.23. The van der Waals surface area contributed by atoms with Crippen LogP contribution in [0.3, 0.4) is 0 Å². The quantitative estimate of drug-likeness (QED) is 0.570. The van der Waals surface area contributed by atoms with Gasteiger partial charge < -0.3 is 19.7 Å². The van der Waals surface area contributed by atoms with Crippen LogP contribution in [0.4, 0.5) is 19.1 Å². The first-order valence-electron chi connectivity index (χ1n) is 11.2. The predicted octanol–water partition coefficient (Wildman–Crippen LogP) is 1.61. The zero-order chi connectivity index (χ0) is 26.3. The normalized spacial score (nSPS) is 28.9. The molecule has 196 valence electrons. The van der Waals surface area contributed by atoms with Gasteiger partial charge in [-0.3, -0.25) is 0 Å². The second-order valence-electron chi connectivity index (χ2n) is 9.36. The molecule has 0 spiro atoms. The smallest absolute Gasteiger partial charge is 0.262 e. The third kappa shape index (κ3) is 5.40. The summed E-state index contributed by atoms with van der Waals surface area (Å²) in [7, 11) is -2.33. The Bertz CT molecular complexity index is 1260. The van der Waals surface area contributed by atoms with Gasteiger partial charge in [-0.15, -0.1) is 0 Å². The number of anilines is 1. The number of alkyl halides is 3. The number of aromatic nitrogens is 4. The lowest BCUT2D eigenvalue weighted by Gasteiger charge is -2.40. The van der Waals surface area contributed by atoms with Crippen molar-refractivity contribution < 1.29 is 31.4 Å². The molecule has 0 amide bonds. The second kappa shape index (κ2) is 9.49. The number of imidazole rings is 1. The summed E-state index contributed by atoms with van der Waals surface area (Å²) in [5.74, 6) is -3.34. The van der Waals surface area contributed by atoms with E-state index in [1.165, 1.54) is 24.0 Å². The number of nitrogens with zero attached hydrogens (tertiary/aromatic N) is 6. The van der Waals surface area contributed by atoms with Crippen LogP contribution in [0.1, 0.15) is 38.2 Å². The Hall–Kier alpha value is -2.96. The van der Waals surface area contributed by atoms with Gasteiger partial charge in [0.1, 0.15) is 29.5 Å². The van der Waals surface area contributed by atoms with E-state index in [1.807, 2.05) is 6.07 Å². The third-order valence-electron chi connectivity index (χ3n) is 6.31. The summed E-state index contributed by atoms with van der Waals surface area (Å²) in [6.07, 6.45) is -0.181. The number of nitriles is 1. The van der Waals surface area contributed by atoms with Crippen molar-refractivity contribution in [2.75, 3.05) is 18.4 Å². The fourth-order valence-corrected chi connectivity index (χ4v) is 5.81. The number of aryl methyl sites for hydroxylation is 1. The van der Waals surface area contributed by atoms with Gasteiger partial charge in [-0.2, -0.15) is 14.6 Å². The Balaban J connectivity index is 1.45. The molecular formula is C21H26F3N7O4S. The first kappa shape index (κ1) is 26.1. The van der Waals surface area contributed by atoms with E-state index in [0.717, 1.165) is 10.5 Å². The van der Waals surface area contributed by atoms with Crippen LogP contribution in [-0.4, -0.2) is 80.3 Å². The number of hydrogen-bond donors (Lipinski definition) is 2. The van der Waals surface area contributed by atoms with Gasteiger partial charge in [0.25, 0.3) is 15.9 Å². The number of ether oxygens (including phenoxy) is 1. The minimum atomic E-state index is -3.95. The first-order valence-corrected chi connectivity index (χ1v) is 12.7. The average molecular weight is 530 g/mol. The molecule has 2 unspecified atom stereocenters. The summed E-state index contributed by atoms with van der Waals surface area (Å²) in [6.45, 7) is 0.850. The summed E-state index contributed by atoms with van der Waals surface area (Å²) in [6, 6.07) is 1.01. The third-order valence-corrected chi connectivity index (χ3v) is 8.07. The highest BCUT2D eigenvalue weighted by Gasteiger charge is 2.49. The number of sulfonamides is 1. The molecule has 0 radical (unpaired) electrons. The summed E-state index contributed by atoms with van der Waals surface area (Å²) in [5, 5.41) is 22.5. The van der Waals surface area contributed by atoms with Gasteiger partial charge in [0.15, 0.2) is 5.03 Å². The number of halogens is 3. The molecule has 2 aliphatic rings. The number of nitrogens with one attached hydrogen (secondary N) is 1. The molecular weight excluding hydrogens is 503 g/mol. The van der Waals surface area contributed by atoms with Crippen molar-refractivity contribution >= 4 is 16.0 Å². The summed E-state index contributed by atoms with van der Waals surface area (Å²) < 4.78 is 76.1. The molecule has 4 rings (SSSR count). The molecule has 2 aromatic heterocycles. The van der Waals surface area contributed by atoms with Crippen molar-refractivity contribution in [2.24, 2.45) is 7.05 Å². The number of hydrogen-bond acceptors (Lipinski definition) is 9. The molecule has 3 heterocycles. The molecule has 2 fully saturated rings. The van der Waals surface area contributed by atoms with E-state index in [0.29, 0.717) is 0 Å². The number of piperidine rings is 1. The van der Waals surface area contributed by atoms with Crippen molar-refractivity contribution in [3.05, 3.63) is 24.3 Å². The van der Waals surface area contributed by atoms with E-state index in [4.69, 9.17) is 4.74 Å². The van der Waals surface area contributed by atoms with Crippen LogP contribution in [0.25, 0.3) is 0 Å². The van der Waals surface area contributed by atoms with Crippen LogP contribution in [-0.2, 0) is 17.1 Å². The van der Waals surface area contributed by atoms with Crippen molar-refractivity contribution in [3.8, 4) is 11.9 Å². The van der Waals surface area contributed by atoms with Crippen LogP contribution in [0.5, 0.6) is 5.88 Å². The summed E-state index contributed by atoms with van der Waals surface area (Å²) >= 11 is 0. The van der Waals surface area contributed by atoms with E-state index >= 15 is 0 Å². The van der Waals surface area contributed by atoms with Gasteiger partial charge in [0, 0.05) is 39.2 Å². The monoisotopic (exact) mass is 529 g/mol. The molecule has 1 aliphatic carbocycles. The Morgan fingerprint density at radius 2 is 2.08 bits per heavy atom. The van der Waals surface area contributed by atoms with E-state index in [9.17, 15) is 32.0 Å². The van der Waals surface area contributed by atoms with Gasteiger partial charge in [-0.05, 0) is 19.8 Å². The van der Waals surface area contributed by atoms with Crippen molar-refractivity contribution in [1.82, 2.24) is 23.8 Å². The van der Waals surface area contributed by atoms with Gasteiger partial charge in [-0.25, -0.2) is 31.6 Å². The van der Waals surface area contributed by atoms with Crippen molar-refractivity contribution in [3.63, 3.8) is 0 Å². The minimum Gasteiger partial charge on any atom is -0.470 e. The molecule has 11 nitrogen and oxygen atoms in total. The SMILES string of the molecule is Cn1cnc(S(=O)(=O)N2CC[C@H](Nc3ncc(C#N)c(OC4CCC(F)(F)CC4(C)O)n3)[C@H](F)C2)c1. The molecule has 2 N–H and O–H groups in total. The Morgan fingerprint density at radius 1 is 1.33 bits per heavy atom. The molecule has 0 aromatic carbocycles. The molecule has 1 saturated heterocycles. The van der Waals surface area contributed by atoms with Crippen molar-refractivity contribution in [1.29, 1.82) is 5.26 Å².